The topological polar surface area (TPSA) is 76.1 Å². The lowest BCUT2D eigenvalue weighted by atomic mass is 10.2. The molecule has 0 spiro atoms. The molecule has 0 unspecified atom stereocenters. The average Bonchev–Trinajstić information content (AvgIpc) is 2.75. The highest BCUT2D eigenvalue weighted by Gasteiger charge is 2.33. The van der Waals surface area contributed by atoms with Crippen LogP contribution in [-0.2, 0) is 11.0 Å². The number of pyridine rings is 2. The number of rotatable bonds is 7. The minimum absolute atomic E-state index is 0.200. The number of hydrogen-bond acceptors (Lipinski definition) is 6. The fourth-order valence-corrected chi connectivity index (χ4v) is 3.47. The van der Waals surface area contributed by atoms with Crippen molar-refractivity contribution < 1.29 is 22.7 Å². The van der Waals surface area contributed by atoms with E-state index in [2.05, 4.69) is 20.0 Å². The van der Waals surface area contributed by atoms with E-state index in [1.165, 1.54) is 24.4 Å². The number of aromatic nitrogens is 2. The average molecular weight is 495 g/mol. The molecule has 2 heterocycles. The third-order valence-electron chi connectivity index (χ3n) is 4.03. The van der Waals surface area contributed by atoms with Crippen LogP contribution < -0.4 is 14.8 Å². The number of benzene rings is 1. The van der Waals surface area contributed by atoms with Gasteiger partial charge in [-0.3, -0.25) is 4.79 Å². The quantitative estimate of drug-likeness (QED) is 0.275. The molecule has 2 aromatic heterocycles. The number of amides is 1. The molecule has 11 heteroatoms. The molecular formula is C22H18ClF3N4O2S. The van der Waals surface area contributed by atoms with Gasteiger partial charge < -0.3 is 14.8 Å². The second kappa shape index (κ2) is 10.6. The highest BCUT2D eigenvalue weighted by molar-refractivity contribution is 8.00. The van der Waals surface area contributed by atoms with Crippen LogP contribution in [-0.4, -0.2) is 15.9 Å². The first kappa shape index (κ1) is 24.4. The predicted octanol–water partition coefficient (Wildman–Crippen LogP) is 6.88. The first-order chi connectivity index (χ1) is 15.7. The SMILES string of the molecule is C/C=C/C(=O)Nc1ccc(Oc2ncc(C)cc2NSc2ccc(Cl)c(C(F)(F)F)c2)cn1. The van der Waals surface area contributed by atoms with Crippen molar-refractivity contribution in [3.05, 3.63) is 77.1 Å². The Balaban J connectivity index is 1.74. The molecule has 0 radical (unpaired) electrons. The van der Waals surface area contributed by atoms with E-state index in [-0.39, 0.29) is 16.8 Å². The molecule has 3 aromatic rings. The smallest absolute Gasteiger partial charge is 0.417 e. The molecular weight excluding hydrogens is 477 g/mol. The van der Waals surface area contributed by atoms with E-state index < -0.39 is 11.7 Å². The maximum atomic E-state index is 13.1. The molecule has 0 saturated heterocycles. The molecule has 0 aliphatic heterocycles. The van der Waals surface area contributed by atoms with Gasteiger partial charge in [-0.25, -0.2) is 9.97 Å². The van der Waals surface area contributed by atoms with Crippen LogP contribution in [0.4, 0.5) is 24.7 Å². The highest BCUT2D eigenvalue weighted by Crippen LogP contribution is 2.38. The molecule has 0 aliphatic carbocycles. The summed E-state index contributed by atoms with van der Waals surface area (Å²) in [6.45, 7) is 3.55. The van der Waals surface area contributed by atoms with E-state index in [9.17, 15) is 18.0 Å². The van der Waals surface area contributed by atoms with Gasteiger partial charge in [0.25, 0.3) is 0 Å². The lowest BCUT2D eigenvalue weighted by molar-refractivity contribution is -0.137. The van der Waals surface area contributed by atoms with Crippen LogP contribution >= 0.6 is 23.5 Å². The van der Waals surface area contributed by atoms with Crippen molar-refractivity contribution >= 4 is 41.0 Å². The molecule has 1 amide bonds. The second-order valence-corrected chi connectivity index (χ2v) is 7.97. The van der Waals surface area contributed by atoms with E-state index in [4.69, 9.17) is 16.3 Å². The molecule has 0 atom stereocenters. The van der Waals surface area contributed by atoms with Crippen molar-refractivity contribution in [2.24, 2.45) is 0 Å². The summed E-state index contributed by atoms with van der Waals surface area (Å²) in [6.07, 6.45) is 1.43. The fourth-order valence-electron chi connectivity index (χ4n) is 2.56. The van der Waals surface area contributed by atoms with E-state index in [0.29, 0.717) is 22.2 Å². The Morgan fingerprint density at radius 3 is 2.61 bits per heavy atom. The molecule has 0 fully saturated rings. The summed E-state index contributed by atoms with van der Waals surface area (Å²) in [7, 11) is 0. The zero-order chi connectivity index (χ0) is 24.0. The van der Waals surface area contributed by atoms with Gasteiger partial charge in [0.2, 0.25) is 11.8 Å². The number of hydrogen-bond donors (Lipinski definition) is 2. The van der Waals surface area contributed by atoms with Crippen LogP contribution in [0.1, 0.15) is 18.1 Å². The minimum Gasteiger partial charge on any atom is -0.435 e. The van der Waals surface area contributed by atoms with Gasteiger partial charge in [-0.1, -0.05) is 17.7 Å². The zero-order valence-electron chi connectivity index (χ0n) is 17.4. The molecule has 172 valence electrons. The minimum atomic E-state index is -4.56. The van der Waals surface area contributed by atoms with Gasteiger partial charge in [0.15, 0.2) is 0 Å². The van der Waals surface area contributed by atoms with Crippen LogP contribution in [0.2, 0.25) is 5.02 Å². The van der Waals surface area contributed by atoms with Crippen molar-refractivity contribution in [1.82, 2.24) is 9.97 Å². The van der Waals surface area contributed by atoms with Crippen LogP contribution in [0.3, 0.4) is 0 Å². The maximum Gasteiger partial charge on any atom is 0.417 e. The predicted molar refractivity (Wildman–Crippen MR) is 123 cm³/mol. The number of nitrogens with one attached hydrogen (secondary N) is 2. The van der Waals surface area contributed by atoms with Gasteiger partial charge in [0.05, 0.1) is 16.8 Å². The van der Waals surface area contributed by atoms with Gasteiger partial charge in [-0.05, 0) is 73.8 Å². The number of ether oxygens (including phenoxy) is 1. The van der Waals surface area contributed by atoms with Gasteiger partial charge >= 0.3 is 6.18 Å². The van der Waals surface area contributed by atoms with Crippen molar-refractivity contribution in [1.29, 1.82) is 0 Å². The standard InChI is InChI=1S/C22H18ClF3N4O2S/c1-3-4-20(31)29-19-8-5-14(12-27-19)32-21-18(9-13(2)11-28-21)30-33-15-6-7-17(23)16(10-15)22(24,25)26/h3-12,30H,1-2H3,(H,27,29,31)/b4-3+. The molecule has 2 N–H and O–H groups in total. The Kier molecular flexibility index (Phi) is 7.83. The number of allylic oxidation sites excluding steroid dienone is 1. The summed E-state index contributed by atoms with van der Waals surface area (Å²) in [6, 6.07) is 8.56. The van der Waals surface area contributed by atoms with Crippen molar-refractivity contribution in [2.75, 3.05) is 10.0 Å². The van der Waals surface area contributed by atoms with Gasteiger partial charge in [-0.2, -0.15) is 13.2 Å². The number of carbonyl (C=O) groups is 1. The number of halogens is 4. The second-order valence-electron chi connectivity index (χ2n) is 6.68. The third kappa shape index (κ3) is 6.87. The Hall–Kier alpha value is -3.24. The molecule has 0 bridgehead atoms. The molecule has 6 nitrogen and oxygen atoms in total. The van der Waals surface area contributed by atoms with Gasteiger partial charge in [0, 0.05) is 11.1 Å². The Morgan fingerprint density at radius 2 is 1.94 bits per heavy atom. The third-order valence-corrected chi connectivity index (χ3v) is 5.17. The fraction of sp³-hybridized carbons (Fsp3) is 0.136. The summed E-state index contributed by atoms with van der Waals surface area (Å²) < 4.78 is 48.1. The molecule has 1 aromatic carbocycles. The summed E-state index contributed by atoms with van der Waals surface area (Å²) >= 11 is 6.64. The highest BCUT2D eigenvalue weighted by atomic mass is 35.5. The van der Waals surface area contributed by atoms with Crippen molar-refractivity contribution in [2.45, 2.75) is 24.9 Å². The van der Waals surface area contributed by atoms with Crippen molar-refractivity contribution in [3.8, 4) is 11.6 Å². The largest absolute Gasteiger partial charge is 0.435 e. The number of anilines is 2. The van der Waals surface area contributed by atoms with Crippen LogP contribution in [0.15, 0.2) is 65.8 Å². The Morgan fingerprint density at radius 1 is 1.15 bits per heavy atom. The van der Waals surface area contributed by atoms with Crippen LogP contribution in [0.5, 0.6) is 11.6 Å². The summed E-state index contributed by atoms with van der Waals surface area (Å²) in [5, 5.41) is 2.23. The number of alkyl halides is 3. The van der Waals surface area contributed by atoms with Gasteiger partial charge in [0.1, 0.15) is 17.3 Å². The monoisotopic (exact) mass is 494 g/mol. The Bertz CT molecular complexity index is 1170. The van der Waals surface area contributed by atoms with Crippen LogP contribution in [0.25, 0.3) is 0 Å². The first-order valence-corrected chi connectivity index (χ1v) is 10.7. The molecule has 3 rings (SSSR count). The first-order valence-electron chi connectivity index (χ1n) is 9.49. The van der Waals surface area contributed by atoms with E-state index in [0.717, 1.165) is 23.6 Å². The summed E-state index contributed by atoms with van der Waals surface area (Å²) in [5.74, 6) is 0.595. The lowest BCUT2D eigenvalue weighted by Gasteiger charge is -2.14. The maximum absolute atomic E-state index is 13.1. The number of carbonyl (C=O) groups excluding carboxylic acids is 1. The lowest BCUT2D eigenvalue weighted by Crippen LogP contribution is -2.08. The molecule has 0 aliphatic rings. The van der Waals surface area contributed by atoms with Crippen molar-refractivity contribution in [3.63, 3.8) is 0 Å². The number of aryl methyl sites for hydroxylation is 1. The Labute approximate surface area is 197 Å². The normalized spacial score (nSPS) is 11.5. The molecule has 0 saturated carbocycles. The summed E-state index contributed by atoms with van der Waals surface area (Å²) in [5.41, 5.74) is 0.356. The summed E-state index contributed by atoms with van der Waals surface area (Å²) in [4.78, 5) is 20.3. The van der Waals surface area contributed by atoms with E-state index >= 15 is 0 Å². The number of nitrogens with zero attached hydrogens (tertiary/aromatic N) is 2. The zero-order valence-corrected chi connectivity index (χ0v) is 19.0. The van der Waals surface area contributed by atoms with E-state index in [1.807, 2.05) is 6.92 Å². The molecule has 33 heavy (non-hydrogen) atoms. The van der Waals surface area contributed by atoms with E-state index in [1.54, 1.807) is 37.4 Å². The van der Waals surface area contributed by atoms with Crippen LogP contribution in [0, 0.1) is 6.92 Å². The van der Waals surface area contributed by atoms with Gasteiger partial charge in [-0.15, -0.1) is 0 Å².